The molecule has 0 saturated carbocycles. The first-order chi connectivity index (χ1) is 6.75. The topological polar surface area (TPSA) is 22.0 Å². The number of carbonyl (C=O) groups is 1. The van der Waals surface area contributed by atoms with Gasteiger partial charge in [0, 0.05) is 19.7 Å². The zero-order chi connectivity index (χ0) is 11.0. The van der Waals surface area contributed by atoms with Crippen LogP contribution in [0.4, 0.5) is 0 Å². The normalized spacial score (nSPS) is 9.14. The van der Waals surface area contributed by atoms with E-state index in [9.17, 15) is 4.79 Å². The molecule has 14 heavy (non-hydrogen) atoms. The van der Waals surface area contributed by atoms with Gasteiger partial charge in [-0.3, -0.25) is 4.79 Å². The Labute approximate surface area is 86.9 Å². The van der Waals surface area contributed by atoms with Crippen molar-refractivity contribution >= 4 is 5.78 Å². The molecule has 1 radical (unpaired) electrons. The molecule has 1 rings (SSSR count). The van der Waals surface area contributed by atoms with Gasteiger partial charge in [0.05, 0.1) is 5.69 Å². The molecule has 0 aliphatic carbocycles. The molecule has 2 nitrogen and oxygen atoms in total. The summed E-state index contributed by atoms with van der Waals surface area (Å²) in [5.41, 5.74) is 0.823. The number of ketones is 1. The lowest BCUT2D eigenvalue weighted by atomic mass is 10.3. The van der Waals surface area contributed by atoms with Crippen molar-refractivity contribution in [2.45, 2.75) is 40.2 Å². The Morgan fingerprint density at radius 1 is 1.50 bits per heavy atom. The fourth-order valence-corrected chi connectivity index (χ4v) is 1.26. The SMILES string of the molecule is CCCCn1cccc1C(C)=O.[CH2]C. The highest BCUT2D eigenvalue weighted by Gasteiger charge is 2.03. The maximum atomic E-state index is 11.1. The van der Waals surface area contributed by atoms with Crippen molar-refractivity contribution in [2.24, 2.45) is 0 Å². The van der Waals surface area contributed by atoms with Crippen LogP contribution in [0.3, 0.4) is 0 Å². The maximum absolute atomic E-state index is 11.1. The van der Waals surface area contributed by atoms with E-state index < -0.39 is 0 Å². The quantitative estimate of drug-likeness (QED) is 0.674. The first-order valence-corrected chi connectivity index (χ1v) is 5.12. The number of aryl methyl sites for hydroxylation is 1. The Kier molecular flexibility index (Phi) is 6.81. The number of nitrogens with zero attached hydrogens (tertiary/aromatic N) is 1. The fourth-order valence-electron chi connectivity index (χ4n) is 1.26. The standard InChI is InChI=1S/C10H15NO.C2H5/c1-3-4-7-11-8-5-6-10(11)9(2)12;1-2/h5-6,8H,3-4,7H2,1-2H3;1H2,2H3. The third-order valence-electron chi connectivity index (χ3n) is 1.94. The number of rotatable bonds is 4. The molecule has 0 fully saturated rings. The third-order valence-corrected chi connectivity index (χ3v) is 1.94. The highest BCUT2D eigenvalue weighted by atomic mass is 16.1. The molecule has 0 aromatic carbocycles. The lowest BCUT2D eigenvalue weighted by Gasteiger charge is -2.04. The molecule has 0 saturated heterocycles. The molecule has 0 atom stereocenters. The van der Waals surface area contributed by atoms with E-state index in [0.717, 1.165) is 25.1 Å². The zero-order valence-electron chi connectivity index (χ0n) is 9.42. The second kappa shape index (κ2) is 7.36. The van der Waals surface area contributed by atoms with E-state index in [1.54, 1.807) is 13.8 Å². The van der Waals surface area contributed by atoms with Gasteiger partial charge in [0.1, 0.15) is 0 Å². The molecule has 79 valence electrons. The monoisotopic (exact) mass is 194 g/mol. The second-order valence-corrected chi connectivity index (χ2v) is 3.00. The van der Waals surface area contributed by atoms with Crippen LogP contribution in [0.15, 0.2) is 18.3 Å². The molecular weight excluding hydrogens is 174 g/mol. The Bertz CT molecular complexity index is 263. The molecule has 1 aromatic heterocycles. The fraction of sp³-hybridized carbons (Fsp3) is 0.500. The average molecular weight is 194 g/mol. The summed E-state index contributed by atoms with van der Waals surface area (Å²) in [6.07, 6.45) is 4.26. The first-order valence-electron chi connectivity index (χ1n) is 5.12. The van der Waals surface area contributed by atoms with Crippen LogP contribution in [-0.2, 0) is 6.54 Å². The highest BCUT2D eigenvalue weighted by Crippen LogP contribution is 2.05. The van der Waals surface area contributed by atoms with Crippen molar-refractivity contribution in [2.75, 3.05) is 0 Å². The molecule has 0 spiro atoms. The number of Topliss-reactive ketones (excluding diaryl/α,β-unsaturated/α-hetero) is 1. The molecule has 1 aromatic rings. The number of unbranched alkanes of at least 4 members (excludes halogenated alkanes) is 1. The first kappa shape index (κ1) is 12.9. The van der Waals surface area contributed by atoms with Crippen molar-refractivity contribution < 1.29 is 4.79 Å². The van der Waals surface area contributed by atoms with Crippen molar-refractivity contribution in [1.29, 1.82) is 0 Å². The zero-order valence-corrected chi connectivity index (χ0v) is 9.42. The summed E-state index contributed by atoms with van der Waals surface area (Å²) in [5, 5.41) is 0. The van der Waals surface area contributed by atoms with Gasteiger partial charge in [0.2, 0.25) is 0 Å². The molecule has 2 heteroatoms. The van der Waals surface area contributed by atoms with Gasteiger partial charge < -0.3 is 4.57 Å². The van der Waals surface area contributed by atoms with Crippen LogP contribution in [0.1, 0.15) is 44.1 Å². The Morgan fingerprint density at radius 3 is 2.64 bits per heavy atom. The van der Waals surface area contributed by atoms with E-state index in [0.29, 0.717) is 0 Å². The van der Waals surface area contributed by atoms with E-state index in [1.165, 1.54) is 0 Å². The van der Waals surface area contributed by atoms with Gasteiger partial charge in [0.25, 0.3) is 0 Å². The van der Waals surface area contributed by atoms with Gasteiger partial charge in [-0.1, -0.05) is 27.2 Å². The predicted molar refractivity (Wildman–Crippen MR) is 60.4 cm³/mol. The van der Waals surface area contributed by atoms with E-state index in [-0.39, 0.29) is 5.78 Å². The summed E-state index contributed by atoms with van der Waals surface area (Å²) in [6, 6.07) is 3.80. The predicted octanol–water partition coefficient (Wildman–Crippen LogP) is 3.33. The van der Waals surface area contributed by atoms with Crippen molar-refractivity contribution in [3.8, 4) is 0 Å². The average Bonchev–Trinajstić information content (AvgIpc) is 2.66. The summed E-state index contributed by atoms with van der Waals surface area (Å²) in [4.78, 5) is 11.1. The molecule has 0 N–H and O–H groups in total. The summed E-state index contributed by atoms with van der Waals surface area (Å²) >= 11 is 0. The molecule has 0 unspecified atom stereocenters. The van der Waals surface area contributed by atoms with Crippen molar-refractivity contribution in [3.05, 3.63) is 30.9 Å². The van der Waals surface area contributed by atoms with E-state index in [2.05, 4.69) is 13.8 Å². The number of carbonyl (C=O) groups excluding carboxylic acids is 1. The second-order valence-electron chi connectivity index (χ2n) is 3.00. The highest BCUT2D eigenvalue weighted by molar-refractivity contribution is 5.92. The Hall–Kier alpha value is -1.05. The third kappa shape index (κ3) is 3.77. The van der Waals surface area contributed by atoms with Crippen LogP contribution in [0.2, 0.25) is 0 Å². The smallest absolute Gasteiger partial charge is 0.176 e. The van der Waals surface area contributed by atoms with Crippen LogP contribution < -0.4 is 0 Å². The van der Waals surface area contributed by atoms with Crippen molar-refractivity contribution in [1.82, 2.24) is 4.57 Å². The van der Waals surface area contributed by atoms with Crippen molar-refractivity contribution in [3.63, 3.8) is 0 Å². The summed E-state index contributed by atoms with van der Waals surface area (Å²) < 4.78 is 2.02. The summed E-state index contributed by atoms with van der Waals surface area (Å²) in [6.45, 7) is 9.72. The van der Waals surface area contributed by atoms with Gasteiger partial charge in [-0.15, -0.1) is 0 Å². The number of aromatic nitrogens is 1. The Morgan fingerprint density at radius 2 is 2.14 bits per heavy atom. The van der Waals surface area contributed by atoms with Gasteiger partial charge in [0.15, 0.2) is 5.78 Å². The Balaban J connectivity index is 0.000000791. The van der Waals surface area contributed by atoms with E-state index >= 15 is 0 Å². The molecule has 0 aliphatic rings. The van der Waals surface area contributed by atoms with Crippen LogP contribution in [0, 0.1) is 6.92 Å². The van der Waals surface area contributed by atoms with Gasteiger partial charge in [-0.05, 0) is 18.6 Å². The molecule has 0 bridgehead atoms. The lowest BCUT2D eigenvalue weighted by molar-refractivity contribution is 0.100. The minimum Gasteiger partial charge on any atom is -0.345 e. The van der Waals surface area contributed by atoms with Gasteiger partial charge in [-0.2, -0.15) is 0 Å². The van der Waals surface area contributed by atoms with Gasteiger partial charge in [-0.25, -0.2) is 0 Å². The summed E-state index contributed by atoms with van der Waals surface area (Å²) in [7, 11) is 0. The van der Waals surface area contributed by atoms with E-state index in [1.807, 2.05) is 22.9 Å². The van der Waals surface area contributed by atoms with Crippen LogP contribution in [0.25, 0.3) is 0 Å². The minimum absolute atomic E-state index is 0.149. The maximum Gasteiger partial charge on any atom is 0.176 e. The molecule has 1 heterocycles. The van der Waals surface area contributed by atoms with Crippen LogP contribution >= 0.6 is 0 Å². The molecule has 0 aliphatic heterocycles. The van der Waals surface area contributed by atoms with Crippen LogP contribution in [-0.4, -0.2) is 10.4 Å². The van der Waals surface area contributed by atoms with E-state index in [4.69, 9.17) is 0 Å². The lowest BCUT2D eigenvalue weighted by Crippen LogP contribution is -2.05. The van der Waals surface area contributed by atoms with Crippen LogP contribution in [0.5, 0.6) is 0 Å². The largest absolute Gasteiger partial charge is 0.345 e. The minimum atomic E-state index is 0.149. The molecule has 0 amide bonds. The number of hydrogen-bond donors (Lipinski definition) is 0. The number of hydrogen-bond acceptors (Lipinski definition) is 1. The van der Waals surface area contributed by atoms with Gasteiger partial charge >= 0.3 is 0 Å². The molecular formula is C12H20NO. The summed E-state index contributed by atoms with van der Waals surface area (Å²) in [5.74, 6) is 0.149.